The van der Waals surface area contributed by atoms with Crippen LogP contribution in [-0.4, -0.2) is 35.5 Å². The van der Waals surface area contributed by atoms with Crippen LogP contribution < -0.4 is 20.3 Å². The van der Waals surface area contributed by atoms with Crippen LogP contribution in [0.2, 0.25) is 5.02 Å². The molecule has 0 unspecified atom stereocenters. The number of nitrogens with one attached hydrogen (secondary N) is 1. The van der Waals surface area contributed by atoms with E-state index in [2.05, 4.69) is 42.3 Å². The Kier molecular flexibility index (Phi) is 9.65. The van der Waals surface area contributed by atoms with Crippen LogP contribution in [0.25, 0.3) is 10.9 Å². The minimum atomic E-state index is -0.351. The van der Waals surface area contributed by atoms with Gasteiger partial charge in [-0.25, -0.2) is 4.98 Å². The van der Waals surface area contributed by atoms with E-state index < -0.39 is 0 Å². The van der Waals surface area contributed by atoms with Gasteiger partial charge in [0.25, 0.3) is 11.5 Å². The van der Waals surface area contributed by atoms with Gasteiger partial charge in [0, 0.05) is 26.1 Å². The first-order valence-corrected chi connectivity index (χ1v) is 14.4. The molecule has 0 spiro atoms. The predicted molar refractivity (Wildman–Crippen MR) is 166 cm³/mol. The summed E-state index contributed by atoms with van der Waals surface area (Å²) in [6, 6.07) is 14.5. The van der Waals surface area contributed by atoms with E-state index >= 15 is 0 Å². The van der Waals surface area contributed by atoms with E-state index in [0.29, 0.717) is 38.2 Å². The van der Waals surface area contributed by atoms with Crippen LogP contribution in [0.15, 0.2) is 67.4 Å². The molecule has 0 fully saturated rings. The molecule has 40 heavy (non-hydrogen) atoms. The summed E-state index contributed by atoms with van der Waals surface area (Å²) in [5, 5.41) is 7.93. The van der Waals surface area contributed by atoms with E-state index in [4.69, 9.17) is 26.1 Å². The number of anilines is 1. The number of hydrogen-bond donors (Lipinski definition) is 1. The molecule has 3 aromatic carbocycles. The number of rotatable bonds is 9. The Labute approximate surface area is 253 Å². The van der Waals surface area contributed by atoms with Gasteiger partial charge in [-0.05, 0) is 65.7 Å². The summed E-state index contributed by atoms with van der Waals surface area (Å²) in [6.07, 6.45) is 2.28. The Morgan fingerprint density at radius 3 is 2.60 bits per heavy atom. The molecule has 0 radical (unpaired) electrons. The molecule has 8 nitrogen and oxygen atoms in total. The number of halogens is 3. The van der Waals surface area contributed by atoms with Crippen LogP contribution in [0.4, 0.5) is 5.69 Å². The zero-order valence-corrected chi connectivity index (χ0v) is 26.2. The summed E-state index contributed by atoms with van der Waals surface area (Å²) in [6.45, 7) is 5.71. The Morgan fingerprint density at radius 2 is 1.93 bits per heavy atom. The summed E-state index contributed by atoms with van der Waals surface area (Å²) < 4.78 is 13.8. The molecule has 1 N–H and O–H groups in total. The zero-order valence-electron chi connectivity index (χ0n) is 22.3. The molecule has 4 aromatic rings. The third-order valence-electron chi connectivity index (χ3n) is 6.26. The minimum absolute atomic E-state index is 0.0127. The highest BCUT2D eigenvalue weighted by atomic mass is 79.9. The lowest BCUT2D eigenvalue weighted by Crippen LogP contribution is -2.23. The molecular formula is C29H27Br2ClN4O4. The number of carbonyl (C=O) groups is 1. The van der Waals surface area contributed by atoms with Gasteiger partial charge in [-0.3, -0.25) is 9.59 Å². The lowest BCUT2D eigenvalue weighted by Gasteiger charge is -2.16. The zero-order chi connectivity index (χ0) is 29.0. The van der Waals surface area contributed by atoms with E-state index in [-0.39, 0.29) is 34.8 Å². The Morgan fingerprint density at radius 1 is 1.20 bits per heavy atom. The van der Waals surface area contributed by atoms with E-state index in [1.807, 2.05) is 57.2 Å². The van der Waals surface area contributed by atoms with Crippen molar-refractivity contribution in [2.45, 2.75) is 33.1 Å². The van der Waals surface area contributed by atoms with Gasteiger partial charge >= 0.3 is 0 Å². The maximum atomic E-state index is 13.4. The predicted octanol–water partition coefficient (Wildman–Crippen LogP) is 7.31. The highest BCUT2D eigenvalue weighted by Gasteiger charge is 2.19. The summed E-state index contributed by atoms with van der Waals surface area (Å²) in [5.41, 5.74) is 2.60. The minimum Gasteiger partial charge on any atom is -0.493 e. The molecule has 1 atom stereocenters. The standard InChI is InChI=1S/C29H27Br2ClN4O4/c1-5-17(3)28-35-22-11-8-19(30)13-21(22)29(38)36(28)33-14-18-12-23(39-4)27(26(32)25(18)31)40-15-24(37)34-20-9-6-16(2)7-10-20/h6-14,17H,5,15H2,1-4H3,(H,34,37)/t17-/m0/s1. The van der Waals surface area contributed by atoms with Crippen LogP contribution in [0.5, 0.6) is 11.5 Å². The molecule has 0 aliphatic heterocycles. The molecular weight excluding hydrogens is 664 g/mol. The first-order valence-electron chi connectivity index (χ1n) is 12.4. The van der Waals surface area contributed by atoms with Gasteiger partial charge in [-0.1, -0.05) is 59.1 Å². The third-order valence-corrected chi connectivity index (χ3v) is 8.19. The van der Waals surface area contributed by atoms with Crippen molar-refractivity contribution in [1.29, 1.82) is 0 Å². The van der Waals surface area contributed by atoms with E-state index in [9.17, 15) is 9.59 Å². The van der Waals surface area contributed by atoms with Crippen LogP contribution in [0.1, 0.15) is 43.1 Å². The van der Waals surface area contributed by atoms with Gasteiger partial charge in [0.15, 0.2) is 18.1 Å². The number of nitrogens with zero attached hydrogens (tertiary/aromatic N) is 3. The number of aromatic nitrogens is 2. The van der Waals surface area contributed by atoms with Crippen molar-refractivity contribution in [3.63, 3.8) is 0 Å². The fourth-order valence-electron chi connectivity index (χ4n) is 3.86. The monoisotopic (exact) mass is 688 g/mol. The van der Waals surface area contributed by atoms with Crippen LogP contribution in [0, 0.1) is 6.92 Å². The highest BCUT2D eigenvalue weighted by Crippen LogP contribution is 2.42. The summed E-state index contributed by atoms with van der Waals surface area (Å²) >= 11 is 13.5. The molecule has 0 aliphatic rings. The number of hydrogen-bond acceptors (Lipinski definition) is 6. The second kappa shape index (κ2) is 13.0. The van der Waals surface area contributed by atoms with Gasteiger partial charge in [0.1, 0.15) is 10.8 Å². The molecule has 0 saturated carbocycles. The maximum absolute atomic E-state index is 13.4. The van der Waals surface area contributed by atoms with Crippen molar-refractivity contribution in [2.24, 2.45) is 5.10 Å². The van der Waals surface area contributed by atoms with Crippen molar-refractivity contribution in [2.75, 3.05) is 19.0 Å². The number of ether oxygens (including phenoxy) is 2. The molecule has 1 amide bonds. The fraction of sp³-hybridized carbons (Fsp3) is 0.241. The van der Waals surface area contributed by atoms with Crippen LogP contribution in [-0.2, 0) is 4.79 Å². The summed E-state index contributed by atoms with van der Waals surface area (Å²) in [5.74, 6) is 0.680. The lowest BCUT2D eigenvalue weighted by atomic mass is 10.1. The number of carbonyl (C=O) groups excluding carboxylic acids is 1. The number of aryl methyl sites for hydroxylation is 1. The highest BCUT2D eigenvalue weighted by molar-refractivity contribution is 9.10. The topological polar surface area (TPSA) is 94.8 Å². The average molecular weight is 691 g/mol. The van der Waals surface area contributed by atoms with Crippen molar-refractivity contribution in [3.05, 3.63) is 89.8 Å². The van der Waals surface area contributed by atoms with Gasteiger partial charge in [0.2, 0.25) is 0 Å². The lowest BCUT2D eigenvalue weighted by molar-refractivity contribution is -0.118. The second-order valence-corrected chi connectivity index (χ2v) is 11.2. The molecule has 11 heteroatoms. The number of methoxy groups -OCH3 is 1. The largest absolute Gasteiger partial charge is 0.493 e. The molecule has 1 aromatic heterocycles. The van der Waals surface area contributed by atoms with Crippen molar-refractivity contribution in [3.8, 4) is 11.5 Å². The fourth-order valence-corrected chi connectivity index (χ4v) is 4.87. The Balaban J connectivity index is 1.65. The quantitative estimate of drug-likeness (QED) is 0.186. The van der Waals surface area contributed by atoms with Crippen LogP contribution >= 0.6 is 43.5 Å². The van der Waals surface area contributed by atoms with E-state index in [1.165, 1.54) is 18.0 Å². The van der Waals surface area contributed by atoms with Gasteiger partial charge < -0.3 is 14.8 Å². The number of amides is 1. The van der Waals surface area contributed by atoms with Crippen molar-refractivity contribution >= 4 is 72.2 Å². The first-order chi connectivity index (χ1) is 19.1. The van der Waals surface area contributed by atoms with Gasteiger partial charge in [-0.2, -0.15) is 9.78 Å². The van der Waals surface area contributed by atoms with Crippen molar-refractivity contribution < 1.29 is 14.3 Å². The smallest absolute Gasteiger partial charge is 0.282 e. The third kappa shape index (κ3) is 6.56. The van der Waals surface area contributed by atoms with Crippen LogP contribution in [0.3, 0.4) is 0 Å². The maximum Gasteiger partial charge on any atom is 0.282 e. The van der Waals surface area contributed by atoms with Gasteiger partial charge in [0.05, 0.1) is 24.2 Å². The Hall–Kier alpha value is -3.21. The van der Waals surface area contributed by atoms with Gasteiger partial charge in [-0.15, -0.1) is 0 Å². The van der Waals surface area contributed by atoms with Crippen molar-refractivity contribution in [1.82, 2.24) is 9.66 Å². The summed E-state index contributed by atoms with van der Waals surface area (Å²) in [7, 11) is 1.47. The van der Waals surface area contributed by atoms with E-state index in [0.717, 1.165) is 16.5 Å². The molecule has 0 bridgehead atoms. The molecule has 0 saturated heterocycles. The molecule has 4 rings (SSSR count). The molecule has 208 valence electrons. The number of fused-ring (bicyclic) bond motifs is 1. The first kappa shape index (κ1) is 29.8. The second-order valence-electron chi connectivity index (χ2n) is 9.13. The molecule has 0 aliphatic carbocycles. The number of benzene rings is 3. The Bertz CT molecular complexity index is 1660. The SMILES string of the molecule is CC[C@H](C)c1nc2ccc(Br)cc2c(=O)n1N=Cc1cc(OC)c(OCC(=O)Nc2ccc(C)cc2)c(Cl)c1Br. The average Bonchev–Trinajstić information content (AvgIpc) is 2.94. The molecule has 1 heterocycles. The van der Waals surface area contributed by atoms with E-state index in [1.54, 1.807) is 12.1 Å². The normalized spacial score (nSPS) is 12.1. The summed E-state index contributed by atoms with van der Waals surface area (Å²) in [4.78, 5) is 30.6.